The zero-order valence-electron chi connectivity index (χ0n) is 19.3. The van der Waals surface area contributed by atoms with Crippen LogP contribution in [0.3, 0.4) is 0 Å². The molecule has 1 atom stereocenters. The lowest BCUT2D eigenvalue weighted by Crippen LogP contribution is -2.49. The maximum atomic E-state index is 15.4. The molecule has 1 amide bonds. The topological polar surface area (TPSA) is 103 Å². The molecule has 0 radical (unpaired) electrons. The highest BCUT2D eigenvalue weighted by atomic mass is 19.1. The van der Waals surface area contributed by atoms with Crippen LogP contribution in [0.1, 0.15) is 29.7 Å². The first kappa shape index (κ1) is 22.3. The molecule has 2 aromatic heterocycles. The van der Waals surface area contributed by atoms with Crippen LogP contribution in [0, 0.1) is 11.9 Å². The van der Waals surface area contributed by atoms with Crippen molar-refractivity contribution in [2.24, 2.45) is 10.7 Å². The zero-order valence-corrected chi connectivity index (χ0v) is 19.3. The van der Waals surface area contributed by atoms with Gasteiger partial charge in [-0.05, 0) is 47.9 Å². The molecule has 0 aliphatic carbocycles. The van der Waals surface area contributed by atoms with Crippen LogP contribution in [0.4, 0.5) is 8.78 Å². The van der Waals surface area contributed by atoms with E-state index in [0.29, 0.717) is 35.4 Å². The van der Waals surface area contributed by atoms with E-state index in [4.69, 9.17) is 20.2 Å². The molecule has 36 heavy (non-hydrogen) atoms. The van der Waals surface area contributed by atoms with Crippen LogP contribution in [0.15, 0.2) is 53.7 Å². The Labute approximate surface area is 205 Å². The number of benzene rings is 1. The van der Waals surface area contributed by atoms with Crippen molar-refractivity contribution >= 4 is 17.4 Å². The van der Waals surface area contributed by atoms with Crippen LogP contribution in [0.2, 0.25) is 0 Å². The summed E-state index contributed by atoms with van der Waals surface area (Å²) in [7, 11) is 1.53. The normalized spacial score (nSPS) is 20.9. The molecule has 2 N–H and O–H groups in total. The monoisotopic (exact) mass is 489 g/mol. The molecule has 8 nitrogen and oxygen atoms in total. The summed E-state index contributed by atoms with van der Waals surface area (Å²) < 4.78 is 41.5. The fourth-order valence-corrected chi connectivity index (χ4v) is 4.86. The first-order valence-electron chi connectivity index (χ1n) is 11.4. The molecule has 5 heterocycles. The van der Waals surface area contributed by atoms with Gasteiger partial charge in [-0.3, -0.25) is 9.69 Å². The van der Waals surface area contributed by atoms with Crippen molar-refractivity contribution in [3.8, 4) is 22.6 Å². The Hall–Kier alpha value is -4.18. The third kappa shape index (κ3) is 3.36. The minimum absolute atomic E-state index is 0.0259. The van der Waals surface area contributed by atoms with Crippen molar-refractivity contribution < 1.29 is 23.0 Å². The van der Waals surface area contributed by atoms with Crippen LogP contribution >= 0.6 is 0 Å². The lowest BCUT2D eigenvalue weighted by Gasteiger charge is -2.41. The molecule has 182 valence electrons. The second-order valence-electron chi connectivity index (χ2n) is 8.86. The number of hydrogen-bond donors (Lipinski definition) is 1. The van der Waals surface area contributed by atoms with E-state index in [1.165, 1.54) is 18.1 Å². The molecule has 0 saturated carbocycles. The SMILES string of the molecule is CN1C(=O)CC2(N=C1N)c1cc(-c3cccnc3F)ccc1Oc1c2cc(C2=CCCOC2)nc1F. The average molecular weight is 489 g/mol. The van der Waals surface area contributed by atoms with Crippen molar-refractivity contribution in [1.82, 2.24) is 14.9 Å². The molecule has 10 heteroatoms. The largest absolute Gasteiger partial charge is 0.452 e. The Morgan fingerprint density at radius 3 is 2.75 bits per heavy atom. The standard InChI is InChI=1S/C26H21F2N5O3/c1-33-21(34)12-26(32-25(33)29)17-10-14(16-5-2-8-30-23(16)27)6-7-20(17)36-22-18(26)11-19(31-24(22)28)15-4-3-9-35-13-15/h2,4-8,10-11H,3,9,12-13H2,1H3,(H2,29,32). The Morgan fingerprint density at radius 2 is 2.00 bits per heavy atom. The predicted molar refractivity (Wildman–Crippen MR) is 127 cm³/mol. The van der Waals surface area contributed by atoms with Gasteiger partial charge in [-0.2, -0.15) is 8.78 Å². The summed E-state index contributed by atoms with van der Waals surface area (Å²) in [6.45, 7) is 0.861. The number of rotatable bonds is 2. The first-order valence-corrected chi connectivity index (χ1v) is 11.4. The molecule has 6 rings (SSSR count). The maximum absolute atomic E-state index is 15.4. The highest BCUT2D eigenvalue weighted by molar-refractivity contribution is 6.00. The molecule has 0 bridgehead atoms. The molecular formula is C26H21F2N5O3. The Morgan fingerprint density at radius 1 is 1.14 bits per heavy atom. The van der Waals surface area contributed by atoms with Crippen molar-refractivity contribution in [2.75, 3.05) is 20.3 Å². The number of halogens is 2. The number of guanidine groups is 1. The summed E-state index contributed by atoms with van der Waals surface area (Å²) in [5.41, 5.74) is 7.43. The number of aromatic nitrogens is 2. The second-order valence-corrected chi connectivity index (χ2v) is 8.86. The highest BCUT2D eigenvalue weighted by Gasteiger charge is 2.49. The molecule has 1 spiro atoms. The van der Waals surface area contributed by atoms with Crippen LogP contribution in [-0.4, -0.2) is 47.0 Å². The second kappa shape index (κ2) is 8.20. The number of carbonyl (C=O) groups excluding carboxylic acids is 1. The number of hydrogen-bond acceptors (Lipinski definition) is 7. The van der Waals surface area contributed by atoms with Crippen molar-refractivity contribution in [2.45, 2.75) is 18.4 Å². The van der Waals surface area contributed by atoms with E-state index < -0.39 is 17.4 Å². The molecule has 1 unspecified atom stereocenters. The zero-order chi connectivity index (χ0) is 25.0. The lowest BCUT2D eigenvalue weighted by molar-refractivity contribution is -0.128. The Bertz CT molecular complexity index is 1490. The van der Waals surface area contributed by atoms with Gasteiger partial charge in [-0.15, -0.1) is 0 Å². The van der Waals surface area contributed by atoms with E-state index in [0.717, 1.165) is 5.57 Å². The van der Waals surface area contributed by atoms with Gasteiger partial charge in [0.25, 0.3) is 5.95 Å². The summed E-state index contributed by atoms with van der Waals surface area (Å²) in [6, 6.07) is 9.83. The van der Waals surface area contributed by atoms with Crippen LogP contribution < -0.4 is 10.5 Å². The van der Waals surface area contributed by atoms with Gasteiger partial charge in [0.1, 0.15) is 11.3 Å². The summed E-state index contributed by atoms with van der Waals surface area (Å²) in [4.78, 5) is 26.9. The van der Waals surface area contributed by atoms with Gasteiger partial charge in [0.15, 0.2) is 11.7 Å². The van der Waals surface area contributed by atoms with Crippen LogP contribution in [0.25, 0.3) is 16.7 Å². The number of amides is 1. The molecule has 3 aliphatic rings. The number of ether oxygens (including phenoxy) is 2. The highest BCUT2D eigenvalue weighted by Crippen LogP contribution is 2.54. The molecule has 1 aromatic carbocycles. The van der Waals surface area contributed by atoms with Gasteiger partial charge in [0.05, 0.1) is 25.3 Å². The Kier molecular flexibility index (Phi) is 5.08. The van der Waals surface area contributed by atoms with Gasteiger partial charge >= 0.3 is 0 Å². The number of nitrogens with zero attached hydrogens (tertiary/aromatic N) is 4. The smallest absolute Gasteiger partial charge is 0.256 e. The third-order valence-corrected chi connectivity index (χ3v) is 6.75. The number of aliphatic imine (C=N–C) groups is 1. The molecule has 3 aromatic rings. The number of fused-ring (bicyclic) bond motifs is 4. The van der Waals surface area contributed by atoms with Gasteiger partial charge in [0.2, 0.25) is 11.9 Å². The molecule has 3 aliphatic heterocycles. The third-order valence-electron chi connectivity index (χ3n) is 6.75. The van der Waals surface area contributed by atoms with Crippen LogP contribution in [0.5, 0.6) is 11.5 Å². The van der Waals surface area contributed by atoms with Crippen molar-refractivity contribution in [3.05, 3.63) is 77.4 Å². The summed E-state index contributed by atoms with van der Waals surface area (Å²) >= 11 is 0. The lowest BCUT2D eigenvalue weighted by atomic mass is 9.76. The van der Waals surface area contributed by atoms with E-state index in [9.17, 15) is 9.18 Å². The van der Waals surface area contributed by atoms with E-state index in [1.54, 1.807) is 36.4 Å². The van der Waals surface area contributed by atoms with Gasteiger partial charge in [-0.1, -0.05) is 12.1 Å². The first-order chi connectivity index (χ1) is 17.4. The maximum Gasteiger partial charge on any atom is 0.256 e. The summed E-state index contributed by atoms with van der Waals surface area (Å²) in [6.07, 6.45) is 3.85. The average Bonchev–Trinajstić information content (AvgIpc) is 2.89. The minimum Gasteiger partial charge on any atom is -0.452 e. The quantitative estimate of drug-likeness (QED) is 0.550. The number of pyridine rings is 2. The molecular weight excluding hydrogens is 468 g/mol. The van der Waals surface area contributed by atoms with Crippen LogP contribution in [-0.2, 0) is 15.1 Å². The van der Waals surface area contributed by atoms with Gasteiger partial charge in [0, 0.05) is 29.9 Å². The van der Waals surface area contributed by atoms with Gasteiger partial charge in [-0.25, -0.2) is 15.0 Å². The Balaban J connectivity index is 1.62. The van der Waals surface area contributed by atoms with E-state index in [-0.39, 0.29) is 42.0 Å². The molecule has 0 saturated heterocycles. The van der Waals surface area contributed by atoms with E-state index >= 15 is 4.39 Å². The fraction of sp³-hybridized carbons (Fsp3) is 0.231. The number of nitrogens with two attached hydrogens (primary N) is 1. The van der Waals surface area contributed by atoms with E-state index in [2.05, 4.69) is 9.97 Å². The minimum atomic E-state index is -1.40. The van der Waals surface area contributed by atoms with Gasteiger partial charge < -0.3 is 15.2 Å². The van der Waals surface area contributed by atoms with E-state index in [1.807, 2.05) is 6.08 Å². The summed E-state index contributed by atoms with van der Waals surface area (Å²) in [5.74, 6) is -1.66. The fourth-order valence-electron chi connectivity index (χ4n) is 4.86. The van der Waals surface area contributed by atoms with Crippen molar-refractivity contribution in [1.29, 1.82) is 0 Å². The predicted octanol–water partition coefficient (Wildman–Crippen LogP) is 3.75. The number of carbonyl (C=O) groups is 1. The van der Waals surface area contributed by atoms with Crippen molar-refractivity contribution in [3.63, 3.8) is 0 Å². The molecule has 0 fully saturated rings. The summed E-state index contributed by atoms with van der Waals surface area (Å²) in [5, 5.41) is 0.